The van der Waals surface area contributed by atoms with Gasteiger partial charge in [0.25, 0.3) is 5.69 Å². The van der Waals surface area contributed by atoms with Gasteiger partial charge in [0, 0.05) is 25.2 Å². The summed E-state index contributed by atoms with van der Waals surface area (Å²) >= 11 is 0. The van der Waals surface area contributed by atoms with Crippen molar-refractivity contribution in [1.29, 1.82) is 0 Å². The zero-order valence-electron chi connectivity index (χ0n) is 12.7. The number of hydrogen-bond donors (Lipinski definition) is 2. The lowest BCUT2D eigenvalue weighted by molar-refractivity contribution is -0.393. The van der Waals surface area contributed by atoms with E-state index in [4.69, 9.17) is 0 Å². The minimum atomic E-state index is -0.760. The van der Waals surface area contributed by atoms with Gasteiger partial charge in [-0.15, -0.1) is 0 Å². The van der Waals surface area contributed by atoms with Crippen LogP contribution in [0.15, 0.2) is 29.9 Å². The molecule has 128 valence electrons. The SMILES string of the molecule is C=CNc1cc(N=CCCNC(=O)OC)c([N+](=O)[O-])cc1[N+](=O)[O-]. The maximum absolute atomic E-state index is 11.1. The van der Waals surface area contributed by atoms with Gasteiger partial charge in [0.1, 0.15) is 11.4 Å². The molecule has 2 N–H and O–H groups in total. The lowest BCUT2D eigenvalue weighted by Gasteiger charge is -2.05. The van der Waals surface area contributed by atoms with Crippen LogP contribution in [0.2, 0.25) is 0 Å². The molecule has 11 heteroatoms. The van der Waals surface area contributed by atoms with E-state index in [1.165, 1.54) is 25.6 Å². The monoisotopic (exact) mass is 337 g/mol. The van der Waals surface area contributed by atoms with Gasteiger partial charge in [-0.3, -0.25) is 25.2 Å². The van der Waals surface area contributed by atoms with Gasteiger partial charge in [0.2, 0.25) is 0 Å². The van der Waals surface area contributed by atoms with Gasteiger partial charge in [-0.2, -0.15) is 0 Å². The molecule has 0 aliphatic carbocycles. The Hall–Kier alpha value is -3.50. The van der Waals surface area contributed by atoms with Crippen LogP contribution >= 0.6 is 0 Å². The minimum absolute atomic E-state index is 0.0282. The molecule has 0 spiro atoms. The molecule has 0 aromatic heterocycles. The Labute approximate surface area is 136 Å². The fourth-order valence-electron chi connectivity index (χ4n) is 1.67. The summed E-state index contributed by atoms with van der Waals surface area (Å²) in [4.78, 5) is 35.4. The van der Waals surface area contributed by atoms with Crippen molar-refractivity contribution in [2.24, 2.45) is 4.99 Å². The Kier molecular flexibility index (Phi) is 6.82. The molecular formula is C13H15N5O6. The summed E-state index contributed by atoms with van der Waals surface area (Å²) < 4.78 is 4.38. The molecule has 0 atom stereocenters. The first-order valence-electron chi connectivity index (χ1n) is 6.59. The van der Waals surface area contributed by atoms with Gasteiger partial charge in [-0.05, 0) is 6.20 Å². The summed E-state index contributed by atoms with van der Waals surface area (Å²) in [5.74, 6) is 0. The van der Waals surface area contributed by atoms with Gasteiger partial charge in [-0.1, -0.05) is 6.58 Å². The van der Waals surface area contributed by atoms with E-state index >= 15 is 0 Å². The van der Waals surface area contributed by atoms with Crippen LogP contribution in [0.1, 0.15) is 6.42 Å². The van der Waals surface area contributed by atoms with E-state index < -0.39 is 27.3 Å². The molecule has 0 fully saturated rings. The Morgan fingerprint density at radius 3 is 2.54 bits per heavy atom. The van der Waals surface area contributed by atoms with E-state index in [9.17, 15) is 25.0 Å². The van der Waals surface area contributed by atoms with Crippen LogP contribution in [-0.2, 0) is 4.74 Å². The molecule has 0 saturated carbocycles. The largest absolute Gasteiger partial charge is 0.453 e. The molecule has 1 amide bonds. The van der Waals surface area contributed by atoms with Crippen molar-refractivity contribution < 1.29 is 19.4 Å². The van der Waals surface area contributed by atoms with Gasteiger partial charge < -0.3 is 15.4 Å². The molecule has 0 aliphatic rings. The van der Waals surface area contributed by atoms with Crippen molar-refractivity contribution in [3.05, 3.63) is 45.1 Å². The molecule has 0 bridgehead atoms. The highest BCUT2D eigenvalue weighted by molar-refractivity contribution is 5.78. The fourth-order valence-corrected chi connectivity index (χ4v) is 1.67. The fraction of sp³-hybridized carbons (Fsp3) is 0.231. The van der Waals surface area contributed by atoms with Gasteiger partial charge in [0.05, 0.1) is 23.0 Å². The molecule has 24 heavy (non-hydrogen) atoms. The van der Waals surface area contributed by atoms with Crippen LogP contribution in [0.25, 0.3) is 0 Å². The number of ether oxygens (including phenoxy) is 1. The molecule has 1 aromatic rings. The van der Waals surface area contributed by atoms with E-state index in [-0.39, 0.29) is 24.3 Å². The first-order valence-corrected chi connectivity index (χ1v) is 6.59. The average molecular weight is 337 g/mol. The highest BCUT2D eigenvalue weighted by Gasteiger charge is 2.23. The Bertz CT molecular complexity index is 688. The number of carbonyl (C=O) groups excluding carboxylic acids is 1. The smallest absolute Gasteiger partial charge is 0.406 e. The molecule has 1 aromatic carbocycles. The number of benzene rings is 1. The Morgan fingerprint density at radius 1 is 1.33 bits per heavy atom. The number of hydrogen-bond acceptors (Lipinski definition) is 8. The second-order valence-corrected chi connectivity index (χ2v) is 4.24. The molecule has 0 unspecified atom stereocenters. The zero-order valence-corrected chi connectivity index (χ0v) is 12.7. The number of nitro benzene ring substituents is 2. The maximum Gasteiger partial charge on any atom is 0.406 e. The van der Waals surface area contributed by atoms with Crippen molar-refractivity contribution in [1.82, 2.24) is 5.32 Å². The number of rotatable bonds is 8. The number of amides is 1. The maximum atomic E-state index is 11.1. The first-order chi connectivity index (χ1) is 11.4. The first kappa shape index (κ1) is 18.5. The number of nitrogens with zero attached hydrogens (tertiary/aromatic N) is 3. The van der Waals surface area contributed by atoms with Gasteiger partial charge >= 0.3 is 11.8 Å². The molecule has 0 heterocycles. The van der Waals surface area contributed by atoms with Crippen LogP contribution in [0.5, 0.6) is 0 Å². The third kappa shape index (κ3) is 5.05. The molecule has 1 rings (SSSR count). The predicted octanol–water partition coefficient (Wildman–Crippen LogP) is 2.51. The zero-order chi connectivity index (χ0) is 18.1. The van der Waals surface area contributed by atoms with Crippen LogP contribution in [-0.4, -0.2) is 35.8 Å². The van der Waals surface area contributed by atoms with Gasteiger partial charge in [-0.25, -0.2) is 4.79 Å². The lowest BCUT2D eigenvalue weighted by Crippen LogP contribution is -2.24. The number of methoxy groups -OCH3 is 1. The summed E-state index contributed by atoms with van der Waals surface area (Å²) in [6.07, 6.45) is 2.24. The molecule has 0 radical (unpaired) electrons. The van der Waals surface area contributed by atoms with Crippen molar-refractivity contribution in [2.75, 3.05) is 19.0 Å². The summed E-state index contributed by atoms with van der Waals surface area (Å²) in [6.45, 7) is 3.61. The summed E-state index contributed by atoms with van der Waals surface area (Å²) in [6, 6.07) is 2.01. The van der Waals surface area contributed by atoms with Gasteiger partial charge in [0.15, 0.2) is 0 Å². The predicted molar refractivity (Wildman–Crippen MR) is 86.7 cm³/mol. The van der Waals surface area contributed by atoms with Crippen molar-refractivity contribution in [3.63, 3.8) is 0 Å². The normalized spacial score (nSPS) is 10.2. The number of carbonyl (C=O) groups is 1. The minimum Gasteiger partial charge on any atom is -0.453 e. The average Bonchev–Trinajstić information content (AvgIpc) is 2.54. The Balaban J connectivity index is 3.05. The second kappa shape index (κ2) is 8.82. The highest BCUT2D eigenvalue weighted by atomic mass is 16.6. The number of aliphatic imine (C=N–C) groups is 1. The quantitative estimate of drug-likeness (QED) is 0.320. The molecule has 11 nitrogen and oxygen atoms in total. The molecule has 0 aliphatic heterocycles. The summed E-state index contributed by atoms with van der Waals surface area (Å²) in [5.41, 5.74) is -1.00. The van der Waals surface area contributed by atoms with E-state index in [0.29, 0.717) is 0 Å². The third-order valence-corrected chi connectivity index (χ3v) is 2.70. The van der Waals surface area contributed by atoms with Crippen molar-refractivity contribution in [3.8, 4) is 0 Å². The number of nitrogens with one attached hydrogen (secondary N) is 2. The van der Waals surface area contributed by atoms with E-state index in [2.05, 4.69) is 26.9 Å². The molecular weight excluding hydrogens is 322 g/mol. The standard InChI is InChI=1S/C13H15N5O6/c1-3-14-9-7-10(15-5-4-6-16-13(19)24-2)12(18(22)23)8-11(9)17(20)21/h3,5,7-8,14H,1,4,6H2,2H3,(H,16,19). The third-order valence-electron chi connectivity index (χ3n) is 2.70. The number of nitro groups is 2. The highest BCUT2D eigenvalue weighted by Crippen LogP contribution is 2.37. The van der Waals surface area contributed by atoms with Crippen LogP contribution < -0.4 is 10.6 Å². The number of anilines is 1. The summed E-state index contributed by atoms with van der Waals surface area (Å²) in [7, 11) is 1.22. The topological polar surface area (TPSA) is 149 Å². The van der Waals surface area contributed by atoms with E-state index in [1.54, 1.807) is 0 Å². The van der Waals surface area contributed by atoms with Crippen molar-refractivity contribution >= 4 is 35.1 Å². The summed E-state index contributed by atoms with van der Waals surface area (Å²) in [5, 5.41) is 27.0. The van der Waals surface area contributed by atoms with Crippen LogP contribution in [0.3, 0.4) is 0 Å². The van der Waals surface area contributed by atoms with E-state index in [0.717, 1.165) is 6.07 Å². The van der Waals surface area contributed by atoms with Crippen LogP contribution in [0.4, 0.5) is 27.5 Å². The second-order valence-electron chi connectivity index (χ2n) is 4.24. The van der Waals surface area contributed by atoms with Crippen LogP contribution in [0, 0.1) is 20.2 Å². The number of alkyl carbamates (subject to hydrolysis) is 1. The van der Waals surface area contributed by atoms with Crippen molar-refractivity contribution in [2.45, 2.75) is 6.42 Å². The van der Waals surface area contributed by atoms with E-state index in [1.807, 2.05) is 0 Å². The lowest BCUT2D eigenvalue weighted by atomic mass is 10.2. The molecule has 0 saturated heterocycles. The Morgan fingerprint density at radius 2 is 2.00 bits per heavy atom.